The highest BCUT2D eigenvalue weighted by Gasteiger charge is 2.41. The number of nitrogens with two attached hydrogens (primary N) is 1. The highest BCUT2D eigenvalue weighted by Crippen LogP contribution is 2.47. The summed E-state index contributed by atoms with van der Waals surface area (Å²) in [5, 5.41) is 3.90. The Kier molecular flexibility index (Phi) is 6.38. The summed E-state index contributed by atoms with van der Waals surface area (Å²) in [5.41, 5.74) is 12.3. The zero-order valence-electron chi connectivity index (χ0n) is 23.0. The van der Waals surface area contributed by atoms with Crippen molar-refractivity contribution in [3.8, 4) is 11.4 Å². The predicted octanol–water partition coefficient (Wildman–Crippen LogP) is 4.77. The first kappa shape index (κ1) is 25.8. The molecule has 0 spiro atoms. The molecule has 39 heavy (non-hydrogen) atoms. The Bertz CT molecular complexity index is 1490. The fourth-order valence-corrected chi connectivity index (χ4v) is 6.27. The number of nitrogens with one attached hydrogen (secondary N) is 1. The summed E-state index contributed by atoms with van der Waals surface area (Å²) in [6, 6.07) is 7.45. The van der Waals surface area contributed by atoms with Crippen LogP contribution in [-0.2, 0) is 0 Å². The Labute approximate surface area is 233 Å². The van der Waals surface area contributed by atoms with Crippen LogP contribution in [0.5, 0.6) is 0 Å². The van der Waals surface area contributed by atoms with Gasteiger partial charge in [0.25, 0.3) is 0 Å². The highest BCUT2D eigenvalue weighted by atomic mass is 35.5. The van der Waals surface area contributed by atoms with Gasteiger partial charge in [-0.1, -0.05) is 25.4 Å². The van der Waals surface area contributed by atoms with Gasteiger partial charge in [0.2, 0.25) is 0 Å². The molecule has 0 aliphatic carbocycles. The first-order valence-electron chi connectivity index (χ1n) is 13.4. The molecular formula is C29H34ClFN8. The van der Waals surface area contributed by atoms with Gasteiger partial charge in [-0.3, -0.25) is 4.98 Å². The summed E-state index contributed by atoms with van der Waals surface area (Å²) in [5.74, 6) is 0.629. The average Bonchev–Trinajstić information content (AvgIpc) is 2.89. The van der Waals surface area contributed by atoms with Crippen LogP contribution in [-0.4, -0.2) is 70.1 Å². The number of halogens is 2. The number of fused-ring (bicyclic) bond motifs is 4. The summed E-state index contributed by atoms with van der Waals surface area (Å²) in [7, 11) is 2.13. The van der Waals surface area contributed by atoms with Gasteiger partial charge >= 0.3 is 0 Å². The van der Waals surface area contributed by atoms with E-state index in [-0.39, 0.29) is 29.2 Å². The predicted molar refractivity (Wildman–Crippen MR) is 154 cm³/mol. The van der Waals surface area contributed by atoms with E-state index in [1.54, 1.807) is 18.2 Å². The smallest absolute Gasteiger partial charge is 0.151 e. The molecular weight excluding hydrogens is 515 g/mol. The maximum atomic E-state index is 16.0. The van der Waals surface area contributed by atoms with Crippen LogP contribution in [0.4, 0.5) is 21.7 Å². The third kappa shape index (κ3) is 4.28. The molecule has 3 aliphatic heterocycles. The van der Waals surface area contributed by atoms with E-state index in [1.807, 2.05) is 12.3 Å². The third-order valence-electron chi connectivity index (χ3n) is 7.96. The Hall–Kier alpha value is -3.43. The molecule has 0 unspecified atom stereocenters. The second kappa shape index (κ2) is 9.64. The minimum Gasteiger partial charge on any atom is -0.384 e. The second-order valence-electron chi connectivity index (χ2n) is 11.2. The molecule has 2 atom stereocenters. The van der Waals surface area contributed by atoms with E-state index in [0.717, 1.165) is 53.5 Å². The molecule has 10 heteroatoms. The number of aryl methyl sites for hydroxylation is 1. The van der Waals surface area contributed by atoms with Crippen LogP contribution in [0.2, 0.25) is 5.02 Å². The molecule has 3 aliphatic rings. The quantitative estimate of drug-likeness (QED) is 0.484. The number of aromatic nitrogens is 3. The lowest BCUT2D eigenvalue weighted by Gasteiger charge is -2.52. The number of piperazine rings is 1. The molecule has 0 aromatic carbocycles. The van der Waals surface area contributed by atoms with Crippen molar-refractivity contribution in [3.05, 3.63) is 63.8 Å². The zero-order chi connectivity index (χ0) is 27.6. The number of nitrogen functional groups attached to an aromatic ring is 1. The van der Waals surface area contributed by atoms with Crippen molar-refractivity contribution < 1.29 is 4.39 Å². The number of hydrogen-bond donors (Lipinski definition) is 2. The van der Waals surface area contributed by atoms with Crippen molar-refractivity contribution in [1.29, 1.82) is 0 Å². The summed E-state index contributed by atoms with van der Waals surface area (Å²) in [4.78, 5) is 21.1. The molecule has 3 aromatic heterocycles. The van der Waals surface area contributed by atoms with Gasteiger partial charge in [-0.05, 0) is 49.6 Å². The maximum absolute atomic E-state index is 16.0. The molecule has 6 heterocycles. The van der Waals surface area contributed by atoms with Gasteiger partial charge in [0.05, 0.1) is 40.4 Å². The summed E-state index contributed by atoms with van der Waals surface area (Å²) in [6.07, 6.45) is 1.85. The van der Waals surface area contributed by atoms with Crippen molar-refractivity contribution in [3.63, 3.8) is 0 Å². The van der Waals surface area contributed by atoms with Crippen LogP contribution in [0.1, 0.15) is 43.5 Å². The number of rotatable bonds is 3. The van der Waals surface area contributed by atoms with Crippen LogP contribution in [0.15, 0.2) is 36.2 Å². The standard InChI is InChI=1S/C29H34ClFN8/c1-15(2)24-27(16(3)8-9-33-24)39-14-22-28(38-12-17(4)34-11-18(38)13-37(22)5)19-10-21(31)26(36-29(19)39)25-20(30)6-7-23(32)35-25/h6-10,15,17-18,34H,11-14H2,1-5H3,(H2,32,35)/t17-,18-/m1/s1. The monoisotopic (exact) mass is 548 g/mol. The van der Waals surface area contributed by atoms with Gasteiger partial charge in [0.1, 0.15) is 23.0 Å². The Morgan fingerprint density at radius 2 is 1.95 bits per heavy atom. The van der Waals surface area contributed by atoms with Crippen LogP contribution in [0.3, 0.4) is 0 Å². The van der Waals surface area contributed by atoms with Gasteiger partial charge in [-0.2, -0.15) is 0 Å². The molecule has 1 fully saturated rings. The molecule has 0 radical (unpaired) electrons. The third-order valence-corrected chi connectivity index (χ3v) is 8.26. The van der Waals surface area contributed by atoms with E-state index in [4.69, 9.17) is 27.3 Å². The molecule has 204 valence electrons. The first-order chi connectivity index (χ1) is 18.6. The van der Waals surface area contributed by atoms with Gasteiger partial charge < -0.3 is 25.8 Å². The Morgan fingerprint density at radius 3 is 2.72 bits per heavy atom. The number of anilines is 3. The minimum absolute atomic E-state index is 0.0853. The van der Waals surface area contributed by atoms with Gasteiger partial charge in [-0.15, -0.1) is 0 Å². The summed E-state index contributed by atoms with van der Waals surface area (Å²) in [6.45, 7) is 11.7. The lowest BCUT2D eigenvalue weighted by Crippen LogP contribution is -2.61. The summed E-state index contributed by atoms with van der Waals surface area (Å²) >= 11 is 6.49. The number of pyridine rings is 3. The van der Waals surface area contributed by atoms with E-state index in [0.29, 0.717) is 23.4 Å². The zero-order valence-corrected chi connectivity index (χ0v) is 23.7. The Morgan fingerprint density at radius 1 is 1.15 bits per heavy atom. The van der Waals surface area contributed by atoms with E-state index in [9.17, 15) is 0 Å². The summed E-state index contributed by atoms with van der Waals surface area (Å²) < 4.78 is 16.0. The van der Waals surface area contributed by atoms with Crippen molar-refractivity contribution in [2.24, 2.45) is 0 Å². The first-order valence-corrected chi connectivity index (χ1v) is 13.8. The van der Waals surface area contributed by atoms with E-state index < -0.39 is 5.82 Å². The van der Waals surface area contributed by atoms with Gasteiger partial charge in [0.15, 0.2) is 5.82 Å². The van der Waals surface area contributed by atoms with Gasteiger partial charge in [-0.25, -0.2) is 14.4 Å². The highest BCUT2D eigenvalue weighted by molar-refractivity contribution is 6.33. The van der Waals surface area contributed by atoms with Crippen LogP contribution >= 0.6 is 11.6 Å². The lowest BCUT2D eigenvalue weighted by atomic mass is 9.94. The topological polar surface area (TPSA) is 86.4 Å². The van der Waals surface area contributed by atoms with Crippen molar-refractivity contribution in [1.82, 2.24) is 30.1 Å². The molecule has 0 bridgehead atoms. The molecule has 1 saturated heterocycles. The Balaban J connectivity index is 1.63. The molecule has 3 N–H and O–H groups in total. The average molecular weight is 549 g/mol. The lowest BCUT2D eigenvalue weighted by molar-refractivity contribution is 0.150. The normalized spacial score (nSPS) is 20.8. The van der Waals surface area contributed by atoms with Crippen molar-refractivity contribution in [2.75, 3.05) is 43.9 Å². The van der Waals surface area contributed by atoms with Crippen LogP contribution < -0.4 is 16.0 Å². The maximum Gasteiger partial charge on any atom is 0.151 e. The van der Waals surface area contributed by atoms with Crippen LogP contribution in [0.25, 0.3) is 17.1 Å². The number of likely N-dealkylation sites (N-methyl/N-ethyl adjacent to an activating group) is 1. The number of hydrogen-bond acceptors (Lipinski definition) is 8. The second-order valence-corrected chi connectivity index (χ2v) is 11.6. The largest absolute Gasteiger partial charge is 0.384 e. The van der Waals surface area contributed by atoms with Crippen LogP contribution in [0, 0.1) is 12.7 Å². The fraction of sp³-hybridized carbons (Fsp3) is 0.414. The molecule has 0 saturated carbocycles. The fourth-order valence-electron chi connectivity index (χ4n) is 6.07. The molecule has 8 nitrogen and oxygen atoms in total. The SMILES string of the molecule is Cc1ccnc(C(C)C)c1N1CC2=C(c3cc(F)c(-c4nc(N)ccc4Cl)nc31)N1C[C@@H](C)NC[C@@H]1CN2C. The molecule has 3 aromatic rings. The molecule has 0 amide bonds. The van der Waals surface area contributed by atoms with E-state index in [2.05, 4.69) is 59.7 Å². The van der Waals surface area contributed by atoms with E-state index >= 15 is 4.39 Å². The van der Waals surface area contributed by atoms with Gasteiger partial charge in [0, 0.05) is 44.5 Å². The van der Waals surface area contributed by atoms with Crippen molar-refractivity contribution in [2.45, 2.75) is 45.7 Å². The molecule has 6 rings (SSSR count). The number of nitrogens with zero attached hydrogens (tertiary/aromatic N) is 6. The minimum atomic E-state index is -0.484. The van der Waals surface area contributed by atoms with Crippen molar-refractivity contribution >= 4 is 34.6 Å². The van der Waals surface area contributed by atoms with E-state index in [1.165, 1.54) is 0 Å².